The summed E-state index contributed by atoms with van der Waals surface area (Å²) in [5, 5.41) is 0. The maximum absolute atomic E-state index is 13.9. The minimum absolute atomic E-state index is 0.197. The SMILES string of the molecule is CCCc1ccc(C#C/C=C/[C@H]2CC[C@H](CCC)CC2)c(F)c1. The van der Waals surface area contributed by atoms with Gasteiger partial charge in [0.15, 0.2) is 0 Å². The van der Waals surface area contributed by atoms with Crippen molar-refractivity contribution in [1.29, 1.82) is 0 Å². The van der Waals surface area contributed by atoms with E-state index in [2.05, 4.69) is 31.8 Å². The summed E-state index contributed by atoms with van der Waals surface area (Å²) in [7, 11) is 0. The minimum Gasteiger partial charge on any atom is -0.206 e. The molecule has 1 saturated carbocycles. The molecule has 0 bridgehead atoms. The van der Waals surface area contributed by atoms with Gasteiger partial charge in [0.25, 0.3) is 0 Å². The Hall–Kier alpha value is -1.55. The van der Waals surface area contributed by atoms with Crippen LogP contribution >= 0.6 is 0 Å². The lowest BCUT2D eigenvalue weighted by atomic mass is 9.80. The van der Waals surface area contributed by atoms with Crippen LogP contribution in [0.2, 0.25) is 0 Å². The summed E-state index contributed by atoms with van der Waals surface area (Å²) < 4.78 is 13.9. The van der Waals surface area contributed by atoms with E-state index in [0.29, 0.717) is 11.5 Å². The van der Waals surface area contributed by atoms with E-state index in [0.717, 1.165) is 24.3 Å². The van der Waals surface area contributed by atoms with Crippen LogP contribution in [0.15, 0.2) is 30.4 Å². The molecule has 0 spiro atoms. The van der Waals surface area contributed by atoms with Gasteiger partial charge >= 0.3 is 0 Å². The first-order chi connectivity index (χ1) is 11.2. The van der Waals surface area contributed by atoms with Gasteiger partial charge in [-0.05, 0) is 67.7 Å². The van der Waals surface area contributed by atoms with Crippen LogP contribution in [0.4, 0.5) is 4.39 Å². The van der Waals surface area contributed by atoms with Crippen molar-refractivity contribution < 1.29 is 4.39 Å². The molecular formula is C22H29F. The maximum Gasteiger partial charge on any atom is 0.139 e. The van der Waals surface area contributed by atoms with Crippen molar-refractivity contribution in [3.63, 3.8) is 0 Å². The van der Waals surface area contributed by atoms with Crippen molar-refractivity contribution in [2.75, 3.05) is 0 Å². The van der Waals surface area contributed by atoms with Crippen LogP contribution in [0, 0.1) is 29.5 Å². The van der Waals surface area contributed by atoms with Crippen LogP contribution in [0.3, 0.4) is 0 Å². The molecule has 0 radical (unpaired) electrons. The van der Waals surface area contributed by atoms with Crippen LogP contribution in [0.1, 0.15) is 69.9 Å². The molecule has 0 N–H and O–H groups in total. The van der Waals surface area contributed by atoms with Crippen LogP contribution in [0.5, 0.6) is 0 Å². The Bertz CT molecular complexity index is 565. The van der Waals surface area contributed by atoms with Crippen LogP contribution in [-0.2, 0) is 6.42 Å². The number of aryl methyl sites for hydroxylation is 1. The number of hydrogen-bond donors (Lipinski definition) is 0. The van der Waals surface area contributed by atoms with E-state index in [1.165, 1.54) is 38.5 Å². The molecule has 0 heterocycles. The third-order valence-corrected chi connectivity index (χ3v) is 4.82. The lowest BCUT2D eigenvalue weighted by Gasteiger charge is -2.26. The summed E-state index contributed by atoms with van der Waals surface area (Å²) >= 11 is 0. The van der Waals surface area contributed by atoms with E-state index >= 15 is 0 Å². The molecule has 0 aliphatic heterocycles. The molecule has 124 valence electrons. The van der Waals surface area contributed by atoms with E-state index in [-0.39, 0.29) is 5.82 Å². The van der Waals surface area contributed by atoms with Crippen LogP contribution in [0.25, 0.3) is 0 Å². The average molecular weight is 312 g/mol. The molecule has 0 unspecified atom stereocenters. The van der Waals surface area contributed by atoms with Crippen LogP contribution in [-0.4, -0.2) is 0 Å². The van der Waals surface area contributed by atoms with Gasteiger partial charge in [0, 0.05) is 0 Å². The molecule has 2 rings (SSSR count). The molecule has 1 aromatic carbocycles. The van der Waals surface area contributed by atoms with Crippen molar-refractivity contribution in [3.8, 4) is 11.8 Å². The fourth-order valence-electron chi connectivity index (χ4n) is 3.49. The molecule has 1 aliphatic rings. The minimum atomic E-state index is -0.197. The molecule has 0 saturated heterocycles. The average Bonchev–Trinajstić information content (AvgIpc) is 2.55. The maximum atomic E-state index is 13.9. The first-order valence-electron chi connectivity index (χ1n) is 9.19. The highest BCUT2D eigenvalue weighted by molar-refractivity contribution is 5.39. The van der Waals surface area contributed by atoms with E-state index in [1.807, 2.05) is 12.1 Å². The van der Waals surface area contributed by atoms with Gasteiger partial charge in [-0.2, -0.15) is 0 Å². The first kappa shape index (κ1) is 17.8. The zero-order valence-electron chi connectivity index (χ0n) is 14.6. The number of rotatable bonds is 5. The van der Waals surface area contributed by atoms with E-state index in [4.69, 9.17) is 0 Å². The molecule has 0 aromatic heterocycles. The predicted molar refractivity (Wildman–Crippen MR) is 96.8 cm³/mol. The summed E-state index contributed by atoms with van der Waals surface area (Å²) in [6.45, 7) is 4.38. The Labute approximate surface area is 141 Å². The second-order valence-electron chi connectivity index (χ2n) is 6.76. The van der Waals surface area contributed by atoms with Gasteiger partial charge in [-0.15, -0.1) is 0 Å². The Morgan fingerprint density at radius 3 is 2.57 bits per heavy atom. The fraction of sp³-hybridized carbons (Fsp3) is 0.545. The molecule has 1 heteroatoms. The molecule has 0 amide bonds. The lowest BCUT2D eigenvalue weighted by Crippen LogP contribution is -2.12. The highest BCUT2D eigenvalue weighted by atomic mass is 19.1. The molecule has 23 heavy (non-hydrogen) atoms. The second-order valence-corrected chi connectivity index (χ2v) is 6.76. The highest BCUT2D eigenvalue weighted by Crippen LogP contribution is 2.32. The lowest BCUT2D eigenvalue weighted by molar-refractivity contribution is 0.294. The van der Waals surface area contributed by atoms with E-state index < -0.39 is 0 Å². The van der Waals surface area contributed by atoms with Gasteiger partial charge in [0.05, 0.1) is 5.56 Å². The standard InChI is InChI=1S/C22H29F/c1-3-7-18-11-13-19(14-12-18)9-5-6-10-21-16-15-20(8-4-2)17-22(21)23/h5,9,15-19H,3-4,7-8,11-14H2,1-2H3/b9-5+/t18-,19-. The normalized spacial score (nSPS) is 21.2. The summed E-state index contributed by atoms with van der Waals surface area (Å²) in [4.78, 5) is 0. The molecular weight excluding hydrogens is 283 g/mol. The Morgan fingerprint density at radius 1 is 1.13 bits per heavy atom. The van der Waals surface area contributed by atoms with Gasteiger partial charge in [0.2, 0.25) is 0 Å². The Kier molecular flexibility index (Phi) is 7.40. The van der Waals surface area contributed by atoms with Gasteiger partial charge in [-0.3, -0.25) is 0 Å². The predicted octanol–water partition coefficient (Wildman–Crippen LogP) is 6.29. The molecule has 1 fully saturated rings. The third-order valence-electron chi connectivity index (χ3n) is 4.82. The van der Waals surface area contributed by atoms with Crippen molar-refractivity contribution in [1.82, 2.24) is 0 Å². The summed E-state index contributed by atoms with van der Waals surface area (Å²) in [6, 6.07) is 5.40. The van der Waals surface area contributed by atoms with Gasteiger partial charge in [-0.25, -0.2) is 4.39 Å². The quantitative estimate of drug-likeness (QED) is 0.560. The van der Waals surface area contributed by atoms with Crippen molar-refractivity contribution in [3.05, 3.63) is 47.3 Å². The zero-order chi connectivity index (χ0) is 16.5. The van der Waals surface area contributed by atoms with Gasteiger partial charge in [0.1, 0.15) is 5.82 Å². The number of hydrogen-bond acceptors (Lipinski definition) is 0. The third kappa shape index (κ3) is 5.87. The second kappa shape index (κ2) is 9.56. The largest absolute Gasteiger partial charge is 0.206 e. The zero-order valence-corrected chi connectivity index (χ0v) is 14.6. The molecule has 0 atom stereocenters. The first-order valence-corrected chi connectivity index (χ1v) is 9.19. The Balaban J connectivity index is 1.86. The molecule has 1 aromatic rings. The highest BCUT2D eigenvalue weighted by Gasteiger charge is 2.18. The van der Waals surface area contributed by atoms with Gasteiger partial charge in [-0.1, -0.05) is 57.1 Å². The van der Waals surface area contributed by atoms with Gasteiger partial charge < -0.3 is 0 Å². The number of halogens is 1. The smallest absolute Gasteiger partial charge is 0.139 e. The van der Waals surface area contributed by atoms with Crippen molar-refractivity contribution in [2.24, 2.45) is 11.8 Å². The van der Waals surface area contributed by atoms with E-state index in [1.54, 1.807) is 12.1 Å². The summed E-state index contributed by atoms with van der Waals surface area (Å²) in [5.74, 6) is 7.35. The van der Waals surface area contributed by atoms with E-state index in [9.17, 15) is 4.39 Å². The monoisotopic (exact) mass is 312 g/mol. The number of benzene rings is 1. The van der Waals surface area contributed by atoms with Crippen molar-refractivity contribution in [2.45, 2.75) is 65.2 Å². The summed E-state index contributed by atoms with van der Waals surface area (Å²) in [5.41, 5.74) is 1.55. The van der Waals surface area contributed by atoms with Crippen molar-refractivity contribution >= 4 is 0 Å². The Morgan fingerprint density at radius 2 is 1.91 bits per heavy atom. The number of allylic oxidation sites excluding steroid dienone is 2. The van der Waals surface area contributed by atoms with Crippen LogP contribution < -0.4 is 0 Å². The molecule has 0 nitrogen and oxygen atoms in total. The fourth-order valence-corrected chi connectivity index (χ4v) is 3.49. The topological polar surface area (TPSA) is 0 Å². The molecule has 1 aliphatic carbocycles. The summed E-state index contributed by atoms with van der Waals surface area (Å²) in [6.07, 6.45) is 14.0.